The molecule has 1 fully saturated rings. The van der Waals surface area contributed by atoms with Crippen LogP contribution in [0.15, 0.2) is 42.7 Å². The Morgan fingerprint density at radius 2 is 1.76 bits per heavy atom. The number of carbonyl (C=O) groups excluding carboxylic acids is 1. The Hall–Kier alpha value is -2.47. The van der Waals surface area contributed by atoms with Gasteiger partial charge in [0.05, 0.1) is 6.54 Å². The van der Waals surface area contributed by atoms with Crippen LogP contribution >= 0.6 is 0 Å². The van der Waals surface area contributed by atoms with E-state index in [1.807, 2.05) is 30.1 Å². The third-order valence-electron chi connectivity index (χ3n) is 4.57. The van der Waals surface area contributed by atoms with Crippen molar-refractivity contribution in [2.24, 2.45) is 0 Å². The number of likely N-dealkylation sites (N-methyl/N-ethyl adjacent to an activating group) is 1. The van der Waals surface area contributed by atoms with Crippen molar-refractivity contribution in [1.29, 1.82) is 0 Å². The summed E-state index contributed by atoms with van der Waals surface area (Å²) in [6, 6.07) is 10.1. The maximum absolute atomic E-state index is 12.6. The Kier molecular flexibility index (Phi) is 5.60. The third-order valence-corrected chi connectivity index (χ3v) is 4.57. The fourth-order valence-corrected chi connectivity index (χ4v) is 3.08. The van der Waals surface area contributed by atoms with E-state index in [4.69, 9.17) is 0 Å². The molecule has 0 radical (unpaired) electrons. The van der Waals surface area contributed by atoms with Gasteiger partial charge >= 0.3 is 0 Å². The molecular formula is C19H25N5O. The first-order chi connectivity index (χ1) is 12.1. The number of amides is 1. The van der Waals surface area contributed by atoms with Gasteiger partial charge in [-0.15, -0.1) is 0 Å². The molecule has 2 aromatic rings. The first-order valence-corrected chi connectivity index (χ1v) is 8.66. The lowest BCUT2D eigenvalue weighted by Gasteiger charge is -2.35. The van der Waals surface area contributed by atoms with Crippen molar-refractivity contribution < 1.29 is 4.79 Å². The molecule has 0 N–H and O–H groups in total. The van der Waals surface area contributed by atoms with Crippen molar-refractivity contribution in [2.75, 3.05) is 44.7 Å². The highest BCUT2D eigenvalue weighted by Gasteiger charge is 2.23. The van der Waals surface area contributed by atoms with Crippen molar-refractivity contribution >= 4 is 11.9 Å². The summed E-state index contributed by atoms with van der Waals surface area (Å²) in [6.07, 6.45) is 3.50. The molecule has 0 bridgehead atoms. The maximum atomic E-state index is 12.6. The quantitative estimate of drug-likeness (QED) is 0.828. The van der Waals surface area contributed by atoms with Crippen LogP contribution in [0.4, 0.5) is 5.95 Å². The van der Waals surface area contributed by atoms with Crippen LogP contribution in [0.3, 0.4) is 0 Å². The van der Waals surface area contributed by atoms with E-state index in [-0.39, 0.29) is 5.91 Å². The van der Waals surface area contributed by atoms with Gasteiger partial charge in [-0.25, -0.2) is 9.97 Å². The second-order valence-electron chi connectivity index (χ2n) is 6.52. The van der Waals surface area contributed by atoms with Crippen molar-refractivity contribution in [1.82, 2.24) is 19.8 Å². The minimum atomic E-state index is 0.185. The van der Waals surface area contributed by atoms with E-state index in [0.717, 1.165) is 38.7 Å². The first-order valence-electron chi connectivity index (χ1n) is 8.66. The number of carbonyl (C=O) groups is 1. The van der Waals surface area contributed by atoms with Crippen LogP contribution in [0.25, 0.3) is 0 Å². The Morgan fingerprint density at radius 3 is 2.44 bits per heavy atom. The molecule has 0 spiro atoms. The topological polar surface area (TPSA) is 52.6 Å². The number of hydrogen-bond acceptors (Lipinski definition) is 5. The highest BCUT2D eigenvalue weighted by Crippen LogP contribution is 2.12. The van der Waals surface area contributed by atoms with Crippen LogP contribution in [-0.4, -0.2) is 65.4 Å². The summed E-state index contributed by atoms with van der Waals surface area (Å²) in [4.78, 5) is 27.3. The van der Waals surface area contributed by atoms with Gasteiger partial charge in [0, 0.05) is 45.1 Å². The van der Waals surface area contributed by atoms with E-state index in [1.54, 1.807) is 12.4 Å². The van der Waals surface area contributed by atoms with Gasteiger partial charge in [-0.1, -0.05) is 24.3 Å². The molecule has 1 aliphatic rings. The molecular weight excluding hydrogens is 314 g/mol. The number of aryl methyl sites for hydroxylation is 1. The first kappa shape index (κ1) is 17.4. The van der Waals surface area contributed by atoms with Crippen LogP contribution in [0.2, 0.25) is 0 Å². The van der Waals surface area contributed by atoms with E-state index < -0.39 is 0 Å². The molecule has 3 rings (SSSR count). The van der Waals surface area contributed by atoms with Gasteiger partial charge in [0.15, 0.2) is 0 Å². The van der Waals surface area contributed by atoms with Crippen LogP contribution in [-0.2, 0) is 11.3 Å². The summed E-state index contributed by atoms with van der Waals surface area (Å²) in [5, 5.41) is 0. The molecule has 1 saturated heterocycles. The number of piperazine rings is 1. The van der Waals surface area contributed by atoms with Gasteiger partial charge in [0.1, 0.15) is 0 Å². The lowest BCUT2D eigenvalue weighted by molar-refractivity contribution is -0.132. The number of nitrogens with zero attached hydrogens (tertiary/aromatic N) is 5. The highest BCUT2D eigenvalue weighted by atomic mass is 16.2. The molecule has 2 heterocycles. The average molecular weight is 339 g/mol. The van der Waals surface area contributed by atoms with E-state index in [2.05, 4.69) is 38.8 Å². The Bertz CT molecular complexity index is 698. The van der Waals surface area contributed by atoms with Crippen LogP contribution < -0.4 is 4.90 Å². The maximum Gasteiger partial charge on any atom is 0.236 e. The summed E-state index contributed by atoms with van der Waals surface area (Å²) < 4.78 is 0. The minimum Gasteiger partial charge on any atom is -0.338 e. The Morgan fingerprint density at radius 1 is 1.08 bits per heavy atom. The lowest BCUT2D eigenvalue weighted by Crippen LogP contribution is -2.51. The third kappa shape index (κ3) is 4.54. The summed E-state index contributed by atoms with van der Waals surface area (Å²) >= 11 is 0. The second kappa shape index (κ2) is 8.07. The van der Waals surface area contributed by atoms with Gasteiger partial charge in [-0.2, -0.15) is 0 Å². The Labute approximate surface area is 149 Å². The molecule has 0 saturated carbocycles. The van der Waals surface area contributed by atoms with Gasteiger partial charge in [0.25, 0.3) is 0 Å². The highest BCUT2D eigenvalue weighted by molar-refractivity contribution is 5.78. The number of rotatable bonds is 5. The molecule has 25 heavy (non-hydrogen) atoms. The monoisotopic (exact) mass is 339 g/mol. The largest absolute Gasteiger partial charge is 0.338 e. The van der Waals surface area contributed by atoms with Crippen molar-refractivity contribution in [3.8, 4) is 0 Å². The zero-order valence-corrected chi connectivity index (χ0v) is 14.9. The van der Waals surface area contributed by atoms with E-state index in [0.29, 0.717) is 6.54 Å². The van der Waals surface area contributed by atoms with Gasteiger partial charge in [-0.3, -0.25) is 9.69 Å². The summed E-state index contributed by atoms with van der Waals surface area (Å²) in [5.41, 5.74) is 2.53. The van der Waals surface area contributed by atoms with Gasteiger partial charge in [0.2, 0.25) is 11.9 Å². The predicted molar refractivity (Wildman–Crippen MR) is 98.3 cm³/mol. The number of anilines is 1. The number of aromatic nitrogens is 2. The predicted octanol–water partition coefficient (Wildman–Crippen LogP) is 1.57. The smallest absolute Gasteiger partial charge is 0.236 e. The zero-order valence-electron chi connectivity index (χ0n) is 14.9. The zero-order chi connectivity index (χ0) is 17.6. The molecule has 1 amide bonds. The molecule has 6 heteroatoms. The summed E-state index contributed by atoms with van der Waals surface area (Å²) in [6.45, 7) is 6.32. The van der Waals surface area contributed by atoms with Crippen LogP contribution in [0.1, 0.15) is 11.1 Å². The van der Waals surface area contributed by atoms with Gasteiger partial charge in [-0.05, 0) is 31.2 Å². The molecule has 1 aromatic heterocycles. The Balaban J connectivity index is 1.48. The molecule has 1 aliphatic heterocycles. The van der Waals surface area contributed by atoms with Gasteiger partial charge < -0.3 is 9.80 Å². The summed E-state index contributed by atoms with van der Waals surface area (Å²) in [5.74, 6) is 0.927. The fraction of sp³-hybridized carbons (Fsp3) is 0.421. The van der Waals surface area contributed by atoms with Crippen LogP contribution in [0, 0.1) is 6.92 Å². The number of hydrogen-bond donors (Lipinski definition) is 0. The van der Waals surface area contributed by atoms with E-state index >= 15 is 0 Å². The molecule has 0 atom stereocenters. The van der Waals surface area contributed by atoms with E-state index in [9.17, 15) is 4.79 Å². The van der Waals surface area contributed by atoms with Crippen LogP contribution in [0.5, 0.6) is 0 Å². The van der Waals surface area contributed by atoms with Crippen molar-refractivity contribution in [2.45, 2.75) is 13.5 Å². The molecule has 0 unspecified atom stereocenters. The minimum absolute atomic E-state index is 0.185. The van der Waals surface area contributed by atoms with Crippen molar-refractivity contribution in [3.05, 3.63) is 53.9 Å². The second-order valence-corrected chi connectivity index (χ2v) is 6.52. The fourth-order valence-electron chi connectivity index (χ4n) is 3.08. The standard InChI is InChI=1S/C19H25N5O/c1-16-6-3-4-7-17(16)14-22(2)15-18(25)23-10-12-24(13-11-23)19-20-8-5-9-21-19/h3-9H,10-15H2,1-2H3. The van der Waals surface area contributed by atoms with Crippen molar-refractivity contribution in [3.63, 3.8) is 0 Å². The molecule has 6 nitrogen and oxygen atoms in total. The number of benzene rings is 1. The van der Waals surface area contributed by atoms with E-state index in [1.165, 1.54) is 11.1 Å². The normalized spacial score (nSPS) is 14.8. The molecule has 1 aromatic carbocycles. The average Bonchev–Trinajstić information content (AvgIpc) is 2.64. The lowest BCUT2D eigenvalue weighted by atomic mass is 10.1. The SMILES string of the molecule is Cc1ccccc1CN(C)CC(=O)N1CCN(c2ncccn2)CC1. The summed E-state index contributed by atoms with van der Waals surface area (Å²) in [7, 11) is 2.00. The molecule has 0 aliphatic carbocycles. The molecule has 132 valence electrons.